The van der Waals surface area contributed by atoms with E-state index >= 15 is 0 Å². The summed E-state index contributed by atoms with van der Waals surface area (Å²) in [5.74, 6) is -1.76. The lowest BCUT2D eigenvalue weighted by molar-refractivity contribution is -0.144. The molecular weight excluding hydrogens is 354 g/mol. The number of carbonyl (C=O) groups is 4. The number of aromatic amines is 1. The lowest BCUT2D eigenvalue weighted by atomic mass is 9.77. The van der Waals surface area contributed by atoms with E-state index in [-0.39, 0.29) is 25.2 Å². The largest absolute Gasteiger partial charge is 0.469 e. The van der Waals surface area contributed by atoms with Crippen molar-refractivity contribution in [1.29, 1.82) is 0 Å². The van der Waals surface area contributed by atoms with Crippen LogP contribution in [0.4, 0.5) is 0 Å². The van der Waals surface area contributed by atoms with Crippen molar-refractivity contribution in [1.82, 2.24) is 4.98 Å². The molecule has 0 spiro atoms. The Bertz CT molecular complexity index is 779. The molecule has 0 saturated carbocycles. The molecule has 1 fully saturated rings. The molecule has 8 nitrogen and oxygen atoms in total. The lowest BCUT2D eigenvalue weighted by Crippen LogP contribution is -2.37. The van der Waals surface area contributed by atoms with E-state index in [0.717, 1.165) is 11.3 Å². The van der Waals surface area contributed by atoms with Gasteiger partial charge in [0.25, 0.3) is 0 Å². The first-order valence-corrected chi connectivity index (χ1v) is 8.68. The second kappa shape index (κ2) is 7.94. The van der Waals surface area contributed by atoms with E-state index in [1.807, 2.05) is 6.92 Å². The summed E-state index contributed by atoms with van der Waals surface area (Å²) in [6, 6.07) is 0. The summed E-state index contributed by atoms with van der Waals surface area (Å²) in [6.07, 6.45) is -0.582. The summed E-state index contributed by atoms with van der Waals surface area (Å²) >= 11 is 0. The molecule has 1 aliphatic rings. The summed E-state index contributed by atoms with van der Waals surface area (Å²) in [4.78, 5) is 51.1. The Kier molecular flexibility index (Phi) is 6.08. The normalized spacial score (nSPS) is 21.7. The third-order valence-corrected chi connectivity index (χ3v) is 5.09. The summed E-state index contributed by atoms with van der Waals surface area (Å²) in [7, 11) is 2.58. The van der Waals surface area contributed by atoms with Gasteiger partial charge in [0.05, 0.1) is 32.8 Å². The maximum absolute atomic E-state index is 13.1. The molecule has 2 rings (SSSR count). The summed E-state index contributed by atoms with van der Waals surface area (Å²) in [5, 5.41) is 0. The molecule has 2 atom stereocenters. The molecule has 0 amide bonds. The molecule has 0 unspecified atom stereocenters. The fourth-order valence-electron chi connectivity index (χ4n) is 3.54. The lowest BCUT2D eigenvalue weighted by Gasteiger charge is -2.26. The number of aromatic nitrogens is 1. The van der Waals surface area contributed by atoms with E-state index in [9.17, 15) is 19.2 Å². The number of nitrogens with one attached hydrogen (secondary N) is 1. The number of ketones is 1. The van der Waals surface area contributed by atoms with Gasteiger partial charge in [0.1, 0.15) is 0 Å². The maximum Gasteiger partial charge on any atom is 0.307 e. The Balaban J connectivity index is 2.29. The fourth-order valence-corrected chi connectivity index (χ4v) is 3.54. The number of hydrogen-bond acceptors (Lipinski definition) is 7. The zero-order valence-corrected chi connectivity index (χ0v) is 16.3. The molecule has 1 N–H and O–H groups in total. The monoisotopic (exact) mass is 379 g/mol. The zero-order chi connectivity index (χ0) is 20.4. The van der Waals surface area contributed by atoms with Crippen LogP contribution in [0.2, 0.25) is 0 Å². The average molecular weight is 379 g/mol. The molecule has 8 heteroatoms. The summed E-state index contributed by atoms with van der Waals surface area (Å²) in [5.41, 5.74) is 1.66. The minimum absolute atomic E-state index is 0.0353. The number of hydrogen-bond donors (Lipinski definition) is 1. The fraction of sp³-hybridized carbons (Fsp3) is 0.579. The van der Waals surface area contributed by atoms with E-state index in [1.54, 1.807) is 13.8 Å². The Morgan fingerprint density at radius 3 is 2.41 bits per heavy atom. The standard InChI is InChI=1S/C19H25NO7/c1-10-12(6-7-13(21)25-4)11(2)20-16(10)17(24)18-19(3,8-14(22)26-5)9-15(23)27-18/h18,20H,6-9H2,1-5H3/t18-,19+/m1/s1. The van der Waals surface area contributed by atoms with Crippen molar-refractivity contribution in [3.05, 3.63) is 22.5 Å². The van der Waals surface area contributed by atoms with E-state index < -0.39 is 29.2 Å². The molecule has 2 heterocycles. The van der Waals surface area contributed by atoms with Gasteiger partial charge in [-0.3, -0.25) is 19.2 Å². The molecular formula is C19H25NO7. The maximum atomic E-state index is 13.1. The average Bonchev–Trinajstić information content (AvgIpc) is 3.07. The molecule has 1 saturated heterocycles. The van der Waals surface area contributed by atoms with Crippen molar-refractivity contribution in [2.45, 2.75) is 52.6 Å². The Labute approximate surface area is 157 Å². The zero-order valence-electron chi connectivity index (χ0n) is 16.3. The first-order chi connectivity index (χ1) is 12.6. The van der Waals surface area contributed by atoms with Crippen molar-refractivity contribution in [3.8, 4) is 0 Å². The van der Waals surface area contributed by atoms with Gasteiger partial charge in [-0.1, -0.05) is 6.92 Å². The van der Waals surface area contributed by atoms with Crippen molar-refractivity contribution >= 4 is 23.7 Å². The van der Waals surface area contributed by atoms with Gasteiger partial charge >= 0.3 is 17.9 Å². The quantitative estimate of drug-likeness (QED) is 0.437. The molecule has 0 radical (unpaired) electrons. The van der Waals surface area contributed by atoms with Crippen molar-refractivity contribution in [3.63, 3.8) is 0 Å². The van der Waals surface area contributed by atoms with Crippen molar-refractivity contribution in [2.24, 2.45) is 5.41 Å². The highest BCUT2D eigenvalue weighted by Gasteiger charge is 2.51. The van der Waals surface area contributed by atoms with E-state index in [2.05, 4.69) is 14.5 Å². The van der Waals surface area contributed by atoms with Gasteiger partial charge in [0.15, 0.2) is 6.10 Å². The molecule has 1 aromatic heterocycles. The highest BCUT2D eigenvalue weighted by molar-refractivity contribution is 6.02. The topological polar surface area (TPSA) is 112 Å². The number of cyclic esters (lactones) is 1. The van der Waals surface area contributed by atoms with Crippen LogP contribution >= 0.6 is 0 Å². The van der Waals surface area contributed by atoms with E-state index in [1.165, 1.54) is 14.2 Å². The second-order valence-corrected chi connectivity index (χ2v) is 7.12. The Morgan fingerprint density at radius 1 is 1.19 bits per heavy atom. The SMILES string of the molecule is COC(=O)CCc1c(C)[nH]c(C(=O)[C@H]2OC(=O)C[C@]2(C)CC(=O)OC)c1C. The van der Waals surface area contributed by atoms with Gasteiger partial charge in [0.2, 0.25) is 5.78 Å². The number of rotatable bonds is 7. The van der Waals surface area contributed by atoms with Crippen LogP contribution < -0.4 is 0 Å². The predicted octanol–water partition coefficient (Wildman–Crippen LogP) is 1.80. The van der Waals surface area contributed by atoms with Gasteiger partial charge in [-0.25, -0.2) is 0 Å². The minimum Gasteiger partial charge on any atom is -0.469 e. The van der Waals surface area contributed by atoms with Gasteiger partial charge in [0, 0.05) is 17.5 Å². The van der Waals surface area contributed by atoms with Crippen LogP contribution in [0.25, 0.3) is 0 Å². The Hall–Kier alpha value is -2.64. The molecule has 0 aliphatic carbocycles. The number of methoxy groups -OCH3 is 2. The van der Waals surface area contributed by atoms with Gasteiger partial charge in [-0.05, 0) is 31.4 Å². The summed E-state index contributed by atoms with van der Waals surface area (Å²) < 4.78 is 14.6. The van der Waals surface area contributed by atoms with Crippen LogP contribution in [0.3, 0.4) is 0 Å². The van der Waals surface area contributed by atoms with Crippen molar-refractivity contribution < 1.29 is 33.4 Å². The minimum atomic E-state index is -1.07. The highest BCUT2D eigenvalue weighted by Crippen LogP contribution is 2.41. The number of esters is 3. The molecule has 1 aromatic rings. The third kappa shape index (κ3) is 4.20. The number of carbonyl (C=O) groups excluding carboxylic acids is 4. The first kappa shape index (κ1) is 20.7. The van der Waals surface area contributed by atoms with Crippen molar-refractivity contribution in [2.75, 3.05) is 14.2 Å². The molecule has 0 aromatic carbocycles. The van der Waals surface area contributed by atoms with Crippen LogP contribution in [-0.4, -0.2) is 49.0 Å². The first-order valence-electron chi connectivity index (χ1n) is 8.68. The predicted molar refractivity (Wildman–Crippen MR) is 94.2 cm³/mol. The molecule has 148 valence electrons. The van der Waals surface area contributed by atoms with Crippen LogP contribution in [0, 0.1) is 19.3 Å². The second-order valence-electron chi connectivity index (χ2n) is 7.12. The Morgan fingerprint density at radius 2 is 1.81 bits per heavy atom. The van der Waals surface area contributed by atoms with Crippen LogP contribution in [0.15, 0.2) is 0 Å². The van der Waals surface area contributed by atoms with Gasteiger partial charge in [-0.2, -0.15) is 0 Å². The highest BCUT2D eigenvalue weighted by atomic mass is 16.6. The van der Waals surface area contributed by atoms with Crippen LogP contribution in [-0.2, 0) is 35.0 Å². The van der Waals surface area contributed by atoms with E-state index in [0.29, 0.717) is 17.7 Å². The van der Waals surface area contributed by atoms with Crippen LogP contribution in [0.5, 0.6) is 0 Å². The molecule has 27 heavy (non-hydrogen) atoms. The number of ether oxygens (including phenoxy) is 3. The molecule has 1 aliphatic heterocycles. The van der Waals surface area contributed by atoms with Gasteiger partial charge < -0.3 is 19.2 Å². The van der Waals surface area contributed by atoms with Crippen LogP contribution in [0.1, 0.15) is 53.5 Å². The van der Waals surface area contributed by atoms with E-state index in [4.69, 9.17) is 4.74 Å². The smallest absolute Gasteiger partial charge is 0.307 e. The molecule has 0 bridgehead atoms. The number of Topliss-reactive ketones (excluding diaryl/α,β-unsaturated/α-hetero) is 1. The third-order valence-electron chi connectivity index (χ3n) is 5.09. The van der Waals surface area contributed by atoms with Gasteiger partial charge in [-0.15, -0.1) is 0 Å². The summed E-state index contributed by atoms with van der Waals surface area (Å²) in [6.45, 7) is 5.25. The number of aryl methyl sites for hydroxylation is 1. The number of H-pyrrole nitrogens is 1.